The highest BCUT2D eigenvalue weighted by atomic mass is 16.5. The molecule has 1 aliphatic heterocycles. The van der Waals surface area contributed by atoms with Crippen LogP contribution in [-0.4, -0.2) is 48.0 Å². The third-order valence-corrected chi connectivity index (χ3v) is 5.13. The monoisotopic (exact) mass is 388 g/mol. The Balaban J connectivity index is 1.51. The third kappa shape index (κ3) is 4.24. The van der Waals surface area contributed by atoms with Gasteiger partial charge in [0.05, 0.1) is 7.11 Å². The number of imide groups is 1. The number of benzene rings is 1. The van der Waals surface area contributed by atoms with Gasteiger partial charge in [0.1, 0.15) is 12.1 Å². The van der Waals surface area contributed by atoms with Crippen molar-refractivity contribution in [2.24, 2.45) is 0 Å². The first-order valence-electron chi connectivity index (χ1n) is 9.28. The Bertz CT molecular complexity index is 771. The zero-order chi connectivity index (χ0) is 20.1. The lowest BCUT2D eigenvalue weighted by Crippen LogP contribution is -2.49. The van der Waals surface area contributed by atoms with E-state index in [9.17, 15) is 19.2 Å². The number of carbonyl (C=O) groups is 4. The molecule has 2 aliphatic rings. The van der Waals surface area contributed by atoms with Gasteiger partial charge in [-0.05, 0) is 30.5 Å². The zero-order valence-corrected chi connectivity index (χ0v) is 15.7. The van der Waals surface area contributed by atoms with Crippen molar-refractivity contribution in [3.8, 4) is 0 Å². The fourth-order valence-electron chi connectivity index (χ4n) is 3.59. The highest BCUT2D eigenvalue weighted by Crippen LogP contribution is 2.33. The van der Waals surface area contributed by atoms with E-state index in [2.05, 4.69) is 20.7 Å². The Morgan fingerprint density at radius 2 is 1.82 bits per heavy atom. The normalized spacial score (nSPS) is 18.0. The molecule has 2 fully saturated rings. The summed E-state index contributed by atoms with van der Waals surface area (Å²) in [5, 5.41) is 8.03. The number of anilines is 1. The number of carbonyl (C=O) groups excluding carboxylic acids is 4. The Morgan fingerprint density at radius 1 is 1.14 bits per heavy atom. The highest BCUT2D eigenvalue weighted by molar-refractivity contribution is 6.09. The molecule has 0 aromatic heterocycles. The number of rotatable bonds is 5. The molecule has 1 aromatic carbocycles. The molecule has 5 amide bonds. The molecule has 3 rings (SSSR count). The minimum absolute atomic E-state index is 0.242. The molecule has 9 nitrogen and oxygen atoms in total. The quantitative estimate of drug-likeness (QED) is 0.664. The number of amides is 5. The Morgan fingerprint density at radius 3 is 2.46 bits per heavy atom. The van der Waals surface area contributed by atoms with Gasteiger partial charge < -0.3 is 15.4 Å². The maximum Gasteiger partial charge on any atom is 0.411 e. The lowest BCUT2D eigenvalue weighted by Gasteiger charge is -2.30. The van der Waals surface area contributed by atoms with E-state index in [4.69, 9.17) is 0 Å². The summed E-state index contributed by atoms with van der Waals surface area (Å²) < 4.78 is 4.51. The Labute approximate surface area is 162 Å². The predicted octanol–water partition coefficient (Wildman–Crippen LogP) is 1.74. The van der Waals surface area contributed by atoms with E-state index in [1.165, 1.54) is 7.11 Å². The number of methoxy groups -OCH3 is 1. The Kier molecular flexibility index (Phi) is 5.81. The van der Waals surface area contributed by atoms with Crippen molar-refractivity contribution in [3.05, 3.63) is 29.8 Å². The summed E-state index contributed by atoms with van der Waals surface area (Å²) in [7, 11) is 1.28. The summed E-state index contributed by atoms with van der Waals surface area (Å²) in [6, 6.07) is 6.36. The first kappa shape index (κ1) is 19.7. The van der Waals surface area contributed by atoms with Crippen LogP contribution in [0.2, 0.25) is 0 Å². The fourth-order valence-corrected chi connectivity index (χ4v) is 3.59. The van der Waals surface area contributed by atoms with Gasteiger partial charge in [-0.3, -0.25) is 19.8 Å². The summed E-state index contributed by atoms with van der Waals surface area (Å²) in [5.41, 5.74) is 0.557. The van der Waals surface area contributed by atoms with Crippen molar-refractivity contribution >= 4 is 29.6 Å². The average Bonchev–Trinajstić information content (AvgIpc) is 2.92. The van der Waals surface area contributed by atoms with Gasteiger partial charge in [-0.1, -0.05) is 31.4 Å². The number of urea groups is 1. The molecule has 1 saturated carbocycles. The van der Waals surface area contributed by atoms with Crippen LogP contribution in [0.1, 0.15) is 37.7 Å². The molecule has 0 radical (unpaired) electrons. The van der Waals surface area contributed by atoms with Crippen molar-refractivity contribution in [1.29, 1.82) is 0 Å². The first-order valence-corrected chi connectivity index (χ1v) is 9.28. The molecular formula is C19H24N4O5. The minimum Gasteiger partial charge on any atom is -0.453 e. The van der Waals surface area contributed by atoms with Gasteiger partial charge in [-0.25, -0.2) is 9.59 Å². The second-order valence-corrected chi connectivity index (χ2v) is 7.05. The number of nitrogens with zero attached hydrogens (tertiary/aromatic N) is 1. The van der Waals surface area contributed by atoms with Gasteiger partial charge >= 0.3 is 12.1 Å². The summed E-state index contributed by atoms with van der Waals surface area (Å²) in [6.07, 6.45) is 3.54. The standard InChI is InChI=1S/C19H24N4O5/c1-28-18(27)21-14-7-5-13(6-8-14)11-20-15(24)12-23-16(25)19(22-17(23)26)9-3-2-4-10-19/h5-8H,2-4,9-12H2,1H3,(H,20,24)(H,21,27)(H,22,26). The zero-order valence-electron chi connectivity index (χ0n) is 15.7. The van der Waals surface area contributed by atoms with Crippen LogP contribution in [0.15, 0.2) is 24.3 Å². The van der Waals surface area contributed by atoms with Gasteiger partial charge in [0.2, 0.25) is 5.91 Å². The maximum atomic E-state index is 12.7. The predicted molar refractivity (Wildman–Crippen MR) is 100 cm³/mol. The van der Waals surface area contributed by atoms with E-state index < -0.39 is 23.6 Å². The van der Waals surface area contributed by atoms with Crippen molar-refractivity contribution in [1.82, 2.24) is 15.5 Å². The van der Waals surface area contributed by atoms with Gasteiger partial charge in [-0.15, -0.1) is 0 Å². The molecule has 28 heavy (non-hydrogen) atoms. The van der Waals surface area contributed by atoms with E-state index in [0.717, 1.165) is 29.7 Å². The van der Waals surface area contributed by atoms with Crippen LogP contribution in [-0.2, 0) is 20.9 Å². The largest absolute Gasteiger partial charge is 0.453 e. The molecule has 1 spiro atoms. The van der Waals surface area contributed by atoms with E-state index in [-0.39, 0.29) is 19.0 Å². The molecule has 0 bridgehead atoms. The average molecular weight is 388 g/mol. The SMILES string of the molecule is COC(=O)Nc1ccc(CNC(=O)CN2C(=O)NC3(CCCCC3)C2=O)cc1. The molecule has 150 valence electrons. The van der Waals surface area contributed by atoms with Gasteiger partial charge in [0, 0.05) is 12.2 Å². The molecule has 9 heteroatoms. The van der Waals surface area contributed by atoms with E-state index in [0.29, 0.717) is 18.5 Å². The second-order valence-electron chi connectivity index (χ2n) is 7.05. The third-order valence-electron chi connectivity index (χ3n) is 5.13. The number of ether oxygens (including phenoxy) is 1. The van der Waals surface area contributed by atoms with Crippen LogP contribution in [0.25, 0.3) is 0 Å². The van der Waals surface area contributed by atoms with E-state index in [1.807, 2.05) is 0 Å². The minimum atomic E-state index is -0.821. The molecule has 1 aromatic rings. The summed E-state index contributed by atoms with van der Waals surface area (Å²) in [6.45, 7) is -0.0550. The molecule has 1 saturated heterocycles. The lowest BCUT2D eigenvalue weighted by molar-refractivity contribution is -0.135. The van der Waals surface area contributed by atoms with Crippen molar-refractivity contribution < 1.29 is 23.9 Å². The molecule has 1 heterocycles. The van der Waals surface area contributed by atoms with Crippen molar-refractivity contribution in [3.63, 3.8) is 0 Å². The second kappa shape index (κ2) is 8.28. The van der Waals surface area contributed by atoms with Crippen molar-refractivity contribution in [2.75, 3.05) is 19.0 Å². The Hall–Kier alpha value is -3.10. The number of nitrogens with one attached hydrogen (secondary N) is 3. The van der Waals surface area contributed by atoms with Crippen LogP contribution >= 0.6 is 0 Å². The summed E-state index contributed by atoms with van der Waals surface area (Å²) in [4.78, 5) is 49.2. The number of hydrogen-bond donors (Lipinski definition) is 3. The van der Waals surface area contributed by atoms with Crippen LogP contribution < -0.4 is 16.0 Å². The van der Waals surface area contributed by atoms with Gasteiger partial charge in [0.25, 0.3) is 5.91 Å². The fraction of sp³-hybridized carbons (Fsp3) is 0.474. The van der Waals surface area contributed by atoms with Crippen molar-refractivity contribution in [2.45, 2.75) is 44.2 Å². The highest BCUT2D eigenvalue weighted by Gasteiger charge is 2.51. The molecule has 0 atom stereocenters. The number of hydrogen-bond acceptors (Lipinski definition) is 5. The molecular weight excluding hydrogens is 364 g/mol. The molecule has 1 aliphatic carbocycles. The molecule has 0 unspecified atom stereocenters. The van der Waals surface area contributed by atoms with Gasteiger partial charge in [0.15, 0.2) is 0 Å². The van der Waals surface area contributed by atoms with Crippen LogP contribution in [0, 0.1) is 0 Å². The van der Waals surface area contributed by atoms with E-state index in [1.54, 1.807) is 24.3 Å². The summed E-state index contributed by atoms with van der Waals surface area (Å²) in [5.74, 6) is -0.710. The maximum absolute atomic E-state index is 12.7. The topological polar surface area (TPSA) is 117 Å². The summed E-state index contributed by atoms with van der Waals surface area (Å²) >= 11 is 0. The smallest absolute Gasteiger partial charge is 0.411 e. The first-order chi connectivity index (χ1) is 13.4. The molecule has 3 N–H and O–H groups in total. The lowest BCUT2D eigenvalue weighted by atomic mass is 9.82. The van der Waals surface area contributed by atoms with Gasteiger partial charge in [-0.2, -0.15) is 0 Å². The van der Waals surface area contributed by atoms with Crippen LogP contribution in [0.5, 0.6) is 0 Å². The van der Waals surface area contributed by atoms with E-state index >= 15 is 0 Å². The van der Waals surface area contributed by atoms with Crippen LogP contribution in [0.4, 0.5) is 15.3 Å². The van der Waals surface area contributed by atoms with Crippen LogP contribution in [0.3, 0.4) is 0 Å².